The van der Waals surface area contributed by atoms with Crippen molar-refractivity contribution in [3.63, 3.8) is 0 Å². The van der Waals surface area contributed by atoms with Gasteiger partial charge in [0.25, 0.3) is 5.91 Å². The van der Waals surface area contributed by atoms with Crippen LogP contribution in [0.4, 0.5) is 5.82 Å². The highest BCUT2D eigenvalue weighted by Crippen LogP contribution is 2.11. The van der Waals surface area contributed by atoms with Crippen molar-refractivity contribution in [1.29, 1.82) is 0 Å². The van der Waals surface area contributed by atoms with Gasteiger partial charge >= 0.3 is 0 Å². The van der Waals surface area contributed by atoms with Crippen LogP contribution in [0.25, 0.3) is 0 Å². The lowest BCUT2D eigenvalue weighted by Crippen LogP contribution is -2.33. The first-order chi connectivity index (χ1) is 9.56. The fourth-order valence-corrected chi connectivity index (χ4v) is 2.06. The minimum absolute atomic E-state index is 0.0252. The zero-order chi connectivity index (χ0) is 15.0. The van der Waals surface area contributed by atoms with Crippen LogP contribution in [-0.4, -0.2) is 23.5 Å². The van der Waals surface area contributed by atoms with Crippen LogP contribution in [0.5, 0.6) is 0 Å². The first kappa shape index (κ1) is 16.5. The van der Waals surface area contributed by atoms with Crippen molar-refractivity contribution >= 4 is 11.7 Å². The highest BCUT2D eigenvalue weighted by atomic mass is 16.1. The van der Waals surface area contributed by atoms with Gasteiger partial charge in [0.1, 0.15) is 5.82 Å². The van der Waals surface area contributed by atoms with Crippen molar-refractivity contribution in [2.24, 2.45) is 5.92 Å². The van der Waals surface area contributed by atoms with Crippen molar-refractivity contribution in [3.05, 3.63) is 23.9 Å². The molecule has 2 N–H and O–H groups in total. The van der Waals surface area contributed by atoms with Gasteiger partial charge < -0.3 is 10.6 Å². The number of amides is 1. The monoisotopic (exact) mass is 277 g/mol. The molecule has 4 nitrogen and oxygen atoms in total. The van der Waals surface area contributed by atoms with Crippen LogP contribution in [0.3, 0.4) is 0 Å². The molecular weight excluding hydrogens is 250 g/mol. The number of nitrogens with zero attached hydrogens (tertiary/aromatic N) is 1. The normalized spacial score (nSPS) is 13.6. The molecule has 2 atom stereocenters. The van der Waals surface area contributed by atoms with E-state index in [4.69, 9.17) is 0 Å². The summed E-state index contributed by atoms with van der Waals surface area (Å²) in [6.07, 6.45) is 4.85. The fraction of sp³-hybridized carbons (Fsp3) is 0.625. The van der Waals surface area contributed by atoms with Crippen molar-refractivity contribution in [2.75, 3.05) is 11.9 Å². The Hall–Kier alpha value is -1.58. The van der Waals surface area contributed by atoms with E-state index in [-0.39, 0.29) is 11.9 Å². The highest BCUT2D eigenvalue weighted by molar-refractivity contribution is 5.94. The van der Waals surface area contributed by atoms with E-state index in [0.717, 1.165) is 31.6 Å². The first-order valence-corrected chi connectivity index (χ1v) is 7.57. The molecule has 4 heteroatoms. The summed E-state index contributed by atoms with van der Waals surface area (Å²) in [6.45, 7) is 9.40. The van der Waals surface area contributed by atoms with Crippen molar-refractivity contribution in [3.8, 4) is 0 Å². The predicted octanol–water partition coefficient (Wildman–Crippen LogP) is 3.46. The molecule has 2 unspecified atom stereocenters. The number of pyridine rings is 1. The Kier molecular flexibility index (Phi) is 7.05. The summed E-state index contributed by atoms with van der Waals surface area (Å²) in [6, 6.07) is 3.75. The molecule has 0 spiro atoms. The van der Waals surface area contributed by atoms with Gasteiger partial charge in [-0.05, 0) is 37.8 Å². The second kappa shape index (κ2) is 8.56. The van der Waals surface area contributed by atoms with Crippen molar-refractivity contribution in [1.82, 2.24) is 10.3 Å². The largest absolute Gasteiger partial charge is 0.370 e. The summed E-state index contributed by atoms with van der Waals surface area (Å²) >= 11 is 0. The maximum atomic E-state index is 12.2. The first-order valence-electron chi connectivity index (χ1n) is 7.57. The topological polar surface area (TPSA) is 54.0 Å². The zero-order valence-electron chi connectivity index (χ0n) is 13.1. The molecule has 1 aromatic heterocycles. The van der Waals surface area contributed by atoms with E-state index in [0.29, 0.717) is 11.5 Å². The Morgan fingerprint density at radius 2 is 2.10 bits per heavy atom. The zero-order valence-corrected chi connectivity index (χ0v) is 13.1. The Morgan fingerprint density at radius 3 is 2.75 bits per heavy atom. The van der Waals surface area contributed by atoms with Crippen LogP contribution in [0, 0.1) is 5.92 Å². The molecule has 1 aromatic rings. The van der Waals surface area contributed by atoms with Crippen LogP contribution < -0.4 is 10.6 Å². The molecule has 0 saturated carbocycles. The summed E-state index contributed by atoms with van der Waals surface area (Å²) < 4.78 is 0. The third-order valence-electron chi connectivity index (χ3n) is 3.41. The van der Waals surface area contributed by atoms with E-state index in [2.05, 4.69) is 43.3 Å². The number of hydrogen-bond donors (Lipinski definition) is 2. The van der Waals surface area contributed by atoms with Crippen LogP contribution >= 0.6 is 0 Å². The summed E-state index contributed by atoms with van der Waals surface area (Å²) in [7, 11) is 0. The lowest BCUT2D eigenvalue weighted by atomic mass is 10.0. The van der Waals surface area contributed by atoms with Gasteiger partial charge in [-0.1, -0.05) is 27.2 Å². The highest BCUT2D eigenvalue weighted by Gasteiger charge is 2.12. The Morgan fingerprint density at radius 1 is 1.35 bits per heavy atom. The maximum Gasteiger partial charge on any atom is 0.251 e. The standard InChI is InChI=1S/C16H27N3O/c1-5-8-17-15-11-14(7-9-18-15)16(20)19-13(4)10-12(3)6-2/h7,9,11-13H,5-6,8,10H2,1-4H3,(H,17,18)(H,19,20). The molecule has 0 aliphatic carbocycles. The number of hydrogen-bond acceptors (Lipinski definition) is 3. The van der Waals surface area contributed by atoms with E-state index in [9.17, 15) is 4.79 Å². The predicted molar refractivity (Wildman–Crippen MR) is 84.0 cm³/mol. The smallest absolute Gasteiger partial charge is 0.251 e. The van der Waals surface area contributed by atoms with Gasteiger partial charge in [0, 0.05) is 24.3 Å². The number of rotatable bonds is 8. The fourth-order valence-electron chi connectivity index (χ4n) is 2.06. The van der Waals surface area contributed by atoms with Crippen LogP contribution in [-0.2, 0) is 0 Å². The molecule has 0 fully saturated rings. The van der Waals surface area contributed by atoms with Gasteiger partial charge in [-0.15, -0.1) is 0 Å². The van der Waals surface area contributed by atoms with Gasteiger partial charge in [-0.25, -0.2) is 4.98 Å². The third-order valence-corrected chi connectivity index (χ3v) is 3.41. The number of aromatic nitrogens is 1. The van der Waals surface area contributed by atoms with E-state index in [1.165, 1.54) is 0 Å². The van der Waals surface area contributed by atoms with E-state index in [1.807, 2.05) is 0 Å². The van der Waals surface area contributed by atoms with E-state index >= 15 is 0 Å². The average Bonchev–Trinajstić information content (AvgIpc) is 2.45. The Labute approximate surface area is 122 Å². The maximum absolute atomic E-state index is 12.2. The minimum atomic E-state index is -0.0252. The molecule has 0 aliphatic rings. The summed E-state index contributed by atoms with van der Waals surface area (Å²) in [5, 5.41) is 6.24. The molecule has 0 aliphatic heterocycles. The minimum Gasteiger partial charge on any atom is -0.370 e. The number of nitrogens with one attached hydrogen (secondary N) is 2. The van der Waals surface area contributed by atoms with E-state index in [1.54, 1.807) is 18.3 Å². The molecule has 0 aromatic carbocycles. The second-order valence-electron chi connectivity index (χ2n) is 5.48. The molecule has 20 heavy (non-hydrogen) atoms. The number of anilines is 1. The van der Waals surface area contributed by atoms with Gasteiger partial charge in [0.05, 0.1) is 0 Å². The molecule has 0 saturated heterocycles. The molecule has 1 heterocycles. The molecule has 0 bridgehead atoms. The summed E-state index contributed by atoms with van der Waals surface area (Å²) in [5.74, 6) is 1.36. The summed E-state index contributed by atoms with van der Waals surface area (Å²) in [5.41, 5.74) is 0.662. The van der Waals surface area contributed by atoms with Gasteiger partial charge in [-0.3, -0.25) is 4.79 Å². The molecule has 1 rings (SSSR count). The van der Waals surface area contributed by atoms with E-state index < -0.39 is 0 Å². The number of carbonyl (C=O) groups excluding carboxylic acids is 1. The third kappa shape index (κ3) is 5.59. The average molecular weight is 277 g/mol. The number of carbonyl (C=O) groups is 1. The Bertz CT molecular complexity index is 420. The van der Waals surface area contributed by atoms with Crippen LogP contribution in [0.2, 0.25) is 0 Å². The molecule has 112 valence electrons. The van der Waals surface area contributed by atoms with Crippen molar-refractivity contribution in [2.45, 2.75) is 53.0 Å². The lowest BCUT2D eigenvalue weighted by molar-refractivity contribution is 0.0935. The molecule has 1 amide bonds. The van der Waals surface area contributed by atoms with Crippen molar-refractivity contribution < 1.29 is 4.79 Å². The lowest BCUT2D eigenvalue weighted by Gasteiger charge is -2.17. The van der Waals surface area contributed by atoms with Crippen LogP contribution in [0.1, 0.15) is 57.3 Å². The SMILES string of the molecule is CCCNc1cc(C(=O)NC(C)CC(C)CC)ccn1. The summed E-state index contributed by atoms with van der Waals surface area (Å²) in [4.78, 5) is 16.4. The Balaban J connectivity index is 2.58. The van der Waals surface area contributed by atoms with Gasteiger partial charge in [-0.2, -0.15) is 0 Å². The second-order valence-corrected chi connectivity index (χ2v) is 5.48. The quantitative estimate of drug-likeness (QED) is 0.765. The van der Waals surface area contributed by atoms with Gasteiger partial charge in [0.15, 0.2) is 0 Å². The van der Waals surface area contributed by atoms with Gasteiger partial charge in [0.2, 0.25) is 0 Å². The molecule has 0 radical (unpaired) electrons. The van der Waals surface area contributed by atoms with Crippen LogP contribution in [0.15, 0.2) is 18.3 Å². The molecular formula is C16H27N3O.